The molecule has 3 aliphatic rings. The zero-order valence-corrected chi connectivity index (χ0v) is 20.2. The van der Waals surface area contributed by atoms with Crippen LogP contribution in [-0.2, 0) is 31.1 Å². The first kappa shape index (κ1) is 23.7. The molecule has 0 saturated carbocycles. The first-order valence-electron chi connectivity index (χ1n) is 12.1. The van der Waals surface area contributed by atoms with Gasteiger partial charge in [0.25, 0.3) is 0 Å². The van der Waals surface area contributed by atoms with E-state index in [0.29, 0.717) is 22.5 Å². The lowest BCUT2D eigenvalue weighted by molar-refractivity contribution is -0.132. The molecule has 38 heavy (non-hydrogen) atoms. The Morgan fingerprint density at radius 2 is 1.71 bits per heavy atom. The number of aromatic hydroxyl groups is 2. The molecule has 0 bridgehead atoms. The molecule has 4 atom stereocenters. The third kappa shape index (κ3) is 3.37. The van der Waals surface area contributed by atoms with E-state index < -0.39 is 47.1 Å². The highest BCUT2D eigenvalue weighted by molar-refractivity contribution is 6.25. The molecule has 10 nitrogen and oxygen atoms in total. The molecular weight excluding hydrogens is 490 g/mol. The van der Waals surface area contributed by atoms with Crippen LogP contribution in [0, 0.1) is 11.8 Å². The summed E-state index contributed by atoms with van der Waals surface area (Å²) in [6, 6.07) is 16.8. The minimum atomic E-state index is -1.47. The minimum Gasteiger partial charge on any atom is -0.504 e. The second-order valence-electron chi connectivity index (χ2n) is 9.69. The second-order valence-corrected chi connectivity index (χ2v) is 9.69. The fourth-order valence-corrected chi connectivity index (χ4v) is 5.97. The normalized spacial score (nSPS) is 25.4. The van der Waals surface area contributed by atoms with Crippen molar-refractivity contribution in [3.63, 3.8) is 0 Å². The number of hydrogen-bond acceptors (Lipinski definition) is 8. The molecule has 0 aromatic heterocycles. The Hall–Kier alpha value is -4.70. The van der Waals surface area contributed by atoms with Gasteiger partial charge >= 0.3 is 5.97 Å². The van der Waals surface area contributed by atoms with Crippen LogP contribution >= 0.6 is 0 Å². The zero-order valence-electron chi connectivity index (χ0n) is 20.2. The van der Waals surface area contributed by atoms with E-state index in [1.54, 1.807) is 30.3 Å². The monoisotopic (exact) mass is 513 g/mol. The number of rotatable bonds is 4. The Morgan fingerprint density at radius 3 is 2.42 bits per heavy atom. The Bertz CT molecular complexity index is 1520. The van der Waals surface area contributed by atoms with Crippen molar-refractivity contribution >= 4 is 35.1 Å². The molecule has 192 valence electrons. The number of nitrogens with zero attached hydrogens (tertiary/aromatic N) is 1. The summed E-state index contributed by atoms with van der Waals surface area (Å²) in [5.41, 5.74) is 0.600. The molecule has 0 aliphatic carbocycles. The van der Waals surface area contributed by atoms with E-state index in [0.717, 1.165) is 4.90 Å². The van der Waals surface area contributed by atoms with E-state index in [4.69, 9.17) is 4.74 Å². The maximum Gasteiger partial charge on any atom is 0.308 e. The van der Waals surface area contributed by atoms with Gasteiger partial charge in [0.1, 0.15) is 11.3 Å². The number of benzene rings is 3. The lowest BCUT2D eigenvalue weighted by atomic mass is 9.76. The van der Waals surface area contributed by atoms with E-state index in [1.165, 1.54) is 43.3 Å². The van der Waals surface area contributed by atoms with Crippen LogP contribution in [0.1, 0.15) is 18.1 Å². The molecule has 3 aromatic carbocycles. The molecule has 3 heterocycles. The summed E-state index contributed by atoms with van der Waals surface area (Å²) in [7, 11) is 0. The average molecular weight is 514 g/mol. The van der Waals surface area contributed by atoms with E-state index in [9.17, 15) is 29.4 Å². The van der Waals surface area contributed by atoms with Gasteiger partial charge in [0, 0.05) is 24.2 Å². The number of carbonyl (C=O) groups excluding carboxylic acids is 4. The summed E-state index contributed by atoms with van der Waals surface area (Å²) in [6.07, 6.45) is 0.213. The highest BCUT2D eigenvalue weighted by atomic mass is 16.5. The predicted molar refractivity (Wildman–Crippen MR) is 134 cm³/mol. The highest BCUT2D eigenvalue weighted by Crippen LogP contribution is 2.54. The van der Waals surface area contributed by atoms with Gasteiger partial charge in [0.2, 0.25) is 17.7 Å². The van der Waals surface area contributed by atoms with Crippen LogP contribution in [0.5, 0.6) is 17.2 Å². The van der Waals surface area contributed by atoms with Crippen molar-refractivity contribution in [1.29, 1.82) is 0 Å². The maximum absolute atomic E-state index is 14.0. The first-order valence-corrected chi connectivity index (χ1v) is 12.1. The molecule has 6 rings (SSSR count). The standard InChI is InChI=1S/C28H23N3O7/c1-14(32)38-17-9-7-16(8-10-17)31-25(35)23-20(12-15-6-11-21(33)22(34)13-15)30-28(24(23)26(31)36)18-4-2-3-5-19(18)29-27(28)37/h2-11,13,20,23-24,30,33-34H,12H2,1H3,(H,29,37)/t20-,23-,24+,28-/m1/s1. The summed E-state index contributed by atoms with van der Waals surface area (Å²) in [6.45, 7) is 1.27. The van der Waals surface area contributed by atoms with E-state index in [1.807, 2.05) is 0 Å². The molecule has 10 heteroatoms. The molecule has 0 unspecified atom stereocenters. The van der Waals surface area contributed by atoms with Gasteiger partial charge in [0.05, 0.1) is 17.5 Å². The quantitative estimate of drug-likeness (QED) is 0.180. The summed E-state index contributed by atoms with van der Waals surface area (Å²) in [4.78, 5) is 53.8. The van der Waals surface area contributed by atoms with Crippen molar-refractivity contribution in [2.24, 2.45) is 11.8 Å². The number of hydrogen-bond donors (Lipinski definition) is 4. The number of fused-ring (bicyclic) bond motifs is 4. The number of amides is 3. The van der Waals surface area contributed by atoms with Crippen LogP contribution in [0.25, 0.3) is 0 Å². The Balaban J connectivity index is 1.44. The van der Waals surface area contributed by atoms with Gasteiger partial charge in [-0.05, 0) is 54.4 Å². The van der Waals surface area contributed by atoms with Crippen molar-refractivity contribution in [2.75, 3.05) is 10.2 Å². The molecule has 0 radical (unpaired) electrons. The summed E-state index contributed by atoms with van der Waals surface area (Å²) in [5.74, 6) is -4.12. The van der Waals surface area contributed by atoms with Crippen molar-refractivity contribution in [2.45, 2.75) is 24.9 Å². The number of para-hydroxylation sites is 1. The van der Waals surface area contributed by atoms with Gasteiger partial charge in [-0.15, -0.1) is 0 Å². The fourth-order valence-electron chi connectivity index (χ4n) is 5.97. The fraction of sp³-hybridized carbons (Fsp3) is 0.214. The smallest absolute Gasteiger partial charge is 0.308 e. The Morgan fingerprint density at radius 1 is 0.974 bits per heavy atom. The largest absolute Gasteiger partial charge is 0.504 e. The van der Waals surface area contributed by atoms with Gasteiger partial charge in [-0.25, -0.2) is 4.90 Å². The summed E-state index contributed by atoms with van der Waals surface area (Å²) >= 11 is 0. The molecular formula is C28H23N3O7. The number of carbonyl (C=O) groups is 4. The number of phenols is 2. The van der Waals surface area contributed by atoms with Crippen molar-refractivity contribution in [1.82, 2.24) is 5.32 Å². The first-order chi connectivity index (χ1) is 18.2. The topological polar surface area (TPSA) is 145 Å². The van der Waals surface area contributed by atoms with Gasteiger partial charge < -0.3 is 20.3 Å². The number of esters is 1. The van der Waals surface area contributed by atoms with Crippen LogP contribution in [0.4, 0.5) is 11.4 Å². The maximum atomic E-state index is 14.0. The molecule has 3 amide bonds. The third-order valence-electron chi connectivity index (χ3n) is 7.47. The van der Waals surface area contributed by atoms with Crippen LogP contribution < -0.4 is 20.3 Å². The lowest BCUT2D eigenvalue weighted by Crippen LogP contribution is -2.53. The van der Waals surface area contributed by atoms with Crippen molar-refractivity contribution in [3.8, 4) is 17.2 Å². The van der Waals surface area contributed by atoms with Crippen molar-refractivity contribution in [3.05, 3.63) is 77.9 Å². The molecule has 3 aliphatic heterocycles. The van der Waals surface area contributed by atoms with Crippen LogP contribution in [0.15, 0.2) is 66.7 Å². The number of imide groups is 1. The summed E-state index contributed by atoms with van der Waals surface area (Å²) in [5, 5.41) is 25.9. The van der Waals surface area contributed by atoms with E-state index in [2.05, 4.69) is 10.6 Å². The molecule has 2 saturated heterocycles. The zero-order chi connectivity index (χ0) is 26.8. The lowest BCUT2D eigenvalue weighted by Gasteiger charge is -2.29. The average Bonchev–Trinajstić information content (AvgIpc) is 3.46. The molecule has 2 fully saturated rings. The summed E-state index contributed by atoms with van der Waals surface area (Å²) < 4.78 is 5.06. The Kier molecular flexibility index (Phi) is 5.25. The predicted octanol–water partition coefficient (Wildman–Crippen LogP) is 2.19. The molecule has 4 N–H and O–H groups in total. The van der Waals surface area contributed by atoms with Crippen LogP contribution in [0.3, 0.4) is 0 Å². The number of nitrogens with one attached hydrogen (secondary N) is 2. The van der Waals surface area contributed by atoms with E-state index in [-0.39, 0.29) is 23.7 Å². The van der Waals surface area contributed by atoms with Crippen LogP contribution in [-0.4, -0.2) is 39.9 Å². The van der Waals surface area contributed by atoms with Crippen LogP contribution in [0.2, 0.25) is 0 Å². The SMILES string of the molecule is CC(=O)Oc1ccc(N2C(=O)[C@H]3[C@@H](C2=O)[C@@]2(N[C@@H]3Cc3ccc(O)c(O)c3)C(=O)Nc3ccccc32)cc1. The number of anilines is 2. The van der Waals surface area contributed by atoms with Crippen molar-refractivity contribution < 1.29 is 34.1 Å². The minimum absolute atomic E-state index is 0.213. The second kappa shape index (κ2) is 8.42. The highest BCUT2D eigenvalue weighted by Gasteiger charge is 2.70. The van der Waals surface area contributed by atoms with Gasteiger partial charge in [-0.2, -0.15) is 0 Å². The number of ether oxygens (including phenoxy) is 1. The van der Waals surface area contributed by atoms with Gasteiger partial charge in [0.15, 0.2) is 11.5 Å². The molecule has 3 aromatic rings. The van der Waals surface area contributed by atoms with E-state index >= 15 is 0 Å². The Labute approximate surface area is 216 Å². The van der Waals surface area contributed by atoms with Gasteiger partial charge in [-0.3, -0.25) is 24.5 Å². The number of phenolic OH excluding ortho intramolecular Hbond substituents is 2. The molecule has 1 spiro atoms. The van der Waals surface area contributed by atoms with Gasteiger partial charge in [-0.1, -0.05) is 24.3 Å². The third-order valence-corrected chi connectivity index (χ3v) is 7.47.